The van der Waals surface area contributed by atoms with Crippen LogP contribution < -0.4 is 5.14 Å². The van der Waals surface area contributed by atoms with Crippen LogP contribution in [0.3, 0.4) is 0 Å². The van der Waals surface area contributed by atoms with E-state index in [9.17, 15) is 9.00 Å². The highest BCUT2D eigenvalue weighted by atomic mass is 32.2. The number of hydrogen-bond donors (Lipinski definition) is 1. The highest BCUT2D eigenvalue weighted by Gasteiger charge is 2.15. The zero-order valence-electron chi connectivity index (χ0n) is 8.93. The van der Waals surface area contributed by atoms with Crippen LogP contribution in [0.25, 0.3) is 0 Å². The molecule has 0 fully saturated rings. The van der Waals surface area contributed by atoms with E-state index in [1.54, 1.807) is 17.8 Å². The minimum Gasteiger partial charge on any atom is -0.272 e. The molecule has 1 rings (SSSR count). The van der Waals surface area contributed by atoms with Gasteiger partial charge in [0.25, 0.3) is 5.91 Å². The summed E-state index contributed by atoms with van der Waals surface area (Å²) in [6.45, 7) is 5.49. The molecule has 0 aliphatic heterocycles. The van der Waals surface area contributed by atoms with Gasteiger partial charge in [0, 0.05) is 25.2 Å². The maximum Gasteiger partial charge on any atom is 0.252 e. The molecule has 0 radical (unpaired) electrons. The summed E-state index contributed by atoms with van der Waals surface area (Å²) in [7, 11) is -3.19. The summed E-state index contributed by atoms with van der Waals surface area (Å²) < 4.78 is 16.8. The Morgan fingerprint density at radius 1 is 1.73 bits per heavy atom. The van der Waals surface area contributed by atoms with Crippen molar-refractivity contribution in [3.8, 4) is 0 Å². The van der Waals surface area contributed by atoms with Crippen molar-refractivity contribution in [1.82, 2.24) is 9.78 Å². The number of aryl methyl sites for hydroxylation is 2. The SMILES string of the molecule is CCn1cc(C)c(S(N)(=O)=NC(C)=O)n1. The van der Waals surface area contributed by atoms with Crippen molar-refractivity contribution >= 4 is 15.8 Å². The van der Waals surface area contributed by atoms with Gasteiger partial charge in [-0.05, 0) is 13.8 Å². The molecule has 0 spiro atoms. The first kappa shape index (κ1) is 11.9. The number of aromatic nitrogens is 2. The number of carbonyl (C=O) groups excluding carboxylic acids is 1. The molecule has 1 heterocycles. The van der Waals surface area contributed by atoms with Crippen LogP contribution in [0.2, 0.25) is 0 Å². The molecule has 1 unspecified atom stereocenters. The minimum absolute atomic E-state index is 0.180. The molecule has 1 aromatic heterocycles. The summed E-state index contributed by atoms with van der Waals surface area (Å²) in [6.07, 6.45) is 1.72. The van der Waals surface area contributed by atoms with E-state index in [-0.39, 0.29) is 5.03 Å². The maximum atomic E-state index is 11.9. The molecule has 1 atom stereocenters. The zero-order chi connectivity index (χ0) is 11.6. The van der Waals surface area contributed by atoms with Crippen molar-refractivity contribution in [2.24, 2.45) is 9.50 Å². The Hall–Kier alpha value is -1.21. The Bertz CT molecular complexity index is 497. The summed E-state index contributed by atoms with van der Waals surface area (Å²) >= 11 is 0. The van der Waals surface area contributed by atoms with Gasteiger partial charge in [-0.15, -0.1) is 4.36 Å². The van der Waals surface area contributed by atoms with Crippen LogP contribution in [0.1, 0.15) is 19.4 Å². The minimum atomic E-state index is -3.19. The molecule has 0 saturated carbocycles. The van der Waals surface area contributed by atoms with Gasteiger partial charge in [0.1, 0.15) is 0 Å². The molecule has 84 valence electrons. The van der Waals surface area contributed by atoms with Crippen LogP contribution in [0, 0.1) is 6.92 Å². The van der Waals surface area contributed by atoms with E-state index in [1.165, 1.54) is 6.92 Å². The Morgan fingerprint density at radius 2 is 2.33 bits per heavy atom. The Balaban J connectivity index is 3.33. The first-order valence-corrected chi connectivity index (χ1v) is 6.04. The molecule has 6 nitrogen and oxygen atoms in total. The van der Waals surface area contributed by atoms with Gasteiger partial charge in [0.05, 0.1) is 0 Å². The maximum absolute atomic E-state index is 11.9. The van der Waals surface area contributed by atoms with Gasteiger partial charge >= 0.3 is 0 Å². The van der Waals surface area contributed by atoms with E-state index >= 15 is 0 Å². The third-order valence-electron chi connectivity index (χ3n) is 1.76. The molecular formula is C8H14N4O2S. The summed E-state index contributed by atoms with van der Waals surface area (Å²) in [6, 6.07) is 0. The lowest BCUT2D eigenvalue weighted by Gasteiger charge is -1.99. The van der Waals surface area contributed by atoms with Gasteiger partial charge in [-0.25, -0.2) is 9.35 Å². The van der Waals surface area contributed by atoms with Gasteiger partial charge < -0.3 is 0 Å². The van der Waals surface area contributed by atoms with E-state index in [0.717, 1.165) is 0 Å². The Morgan fingerprint density at radius 3 is 2.73 bits per heavy atom. The van der Waals surface area contributed by atoms with E-state index in [0.29, 0.717) is 12.1 Å². The van der Waals surface area contributed by atoms with Crippen LogP contribution in [-0.4, -0.2) is 19.9 Å². The van der Waals surface area contributed by atoms with E-state index in [4.69, 9.17) is 5.14 Å². The van der Waals surface area contributed by atoms with Gasteiger partial charge in [-0.2, -0.15) is 5.10 Å². The largest absolute Gasteiger partial charge is 0.272 e. The molecule has 0 saturated heterocycles. The number of nitrogens with zero attached hydrogens (tertiary/aromatic N) is 3. The summed E-state index contributed by atoms with van der Waals surface area (Å²) in [5, 5.41) is 9.68. The molecule has 7 heteroatoms. The fraction of sp³-hybridized carbons (Fsp3) is 0.500. The smallest absolute Gasteiger partial charge is 0.252 e. The predicted molar refractivity (Wildman–Crippen MR) is 56.3 cm³/mol. The van der Waals surface area contributed by atoms with Gasteiger partial charge in [-0.3, -0.25) is 9.48 Å². The number of rotatable bonds is 2. The van der Waals surface area contributed by atoms with E-state index in [2.05, 4.69) is 9.46 Å². The molecule has 2 N–H and O–H groups in total. The quantitative estimate of drug-likeness (QED) is 0.800. The third kappa shape index (κ3) is 2.63. The molecular weight excluding hydrogens is 216 g/mol. The monoisotopic (exact) mass is 230 g/mol. The van der Waals surface area contributed by atoms with Gasteiger partial charge in [0.2, 0.25) is 0 Å². The molecule has 0 bridgehead atoms. The summed E-state index contributed by atoms with van der Waals surface area (Å²) in [5.41, 5.74) is 0.675. The second-order valence-corrected chi connectivity index (χ2v) is 4.86. The predicted octanol–water partition coefficient (Wildman–Crippen LogP) is 0.459. The standard InChI is InChI=1S/C8H14N4O2S/c1-4-12-5-6(2)8(10-12)15(9,14)11-7(3)13/h5H,4H2,1-3H3,(H2,9,11,13,14). The first-order chi connectivity index (χ1) is 6.86. The zero-order valence-corrected chi connectivity index (χ0v) is 9.74. The van der Waals surface area contributed by atoms with Crippen molar-refractivity contribution < 1.29 is 9.00 Å². The lowest BCUT2D eigenvalue weighted by Crippen LogP contribution is -2.16. The highest BCUT2D eigenvalue weighted by Crippen LogP contribution is 2.12. The molecule has 15 heavy (non-hydrogen) atoms. The van der Waals surface area contributed by atoms with E-state index in [1.807, 2.05) is 6.92 Å². The van der Waals surface area contributed by atoms with Crippen molar-refractivity contribution in [3.63, 3.8) is 0 Å². The first-order valence-electron chi connectivity index (χ1n) is 4.46. The molecule has 0 aliphatic rings. The fourth-order valence-corrected chi connectivity index (χ4v) is 2.39. The van der Waals surface area contributed by atoms with Crippen LogP contribution in [-0.2, 0) is 21.3 Å². The Labute approximate surface area is 88.8 Å². The van der Waals surface area contributed by atoms with Gasteiger partial charge in [0.15, 0.2) is 14.9 Å². The van der Waals surface area contributed by atoms with Gasteiger partial charge in [-0.1, -0.05) is 0 Å². The lowest BCUT2D eigenvalue weighted by atomic mass is 10.4. The summed E-state index contributed by atoms with van der Waals surface area (Å²) in [5.74, 6) is -0.562. The fourth-order valence-electron chi connectivity index (χ4n) is 1.19. The van der Waals surface area contributed by atoms with Crippen molar-refractivity contribution in [1.29, 1.82) is 0 Å². The number of amides is 1. The van der Waals surface area contributed by atoms with Crippen LogP contribution in [0.15, 0.2) is 15.6 Å². The topological polar surface area (TPSA) is 90.3 Å². The number of nitrogens with two attached hydrogens (primary N) is 1. The number of hydrogen-bond acceptors (Lipinski definition) is 3. The molecule has 1 amide bonds. The van der Waals surface area contributed by atoms with Crippen molar-refractivity contribution in [3.05, 3.63) is 11.8 Å². The molecule has 0 aromatic carbocycles. The second kappa shape index (κ2) is 4.11. The second-order valence-electron chi connectivity index (χ2n) is 3.15. The van der Waals surface area contributed by atoms with Crippen LogP contribution in [0.5, 0.6) is 0 Å². The average molecular weight is 230 g/mol. The summed E-state index contributed by atoms with van der Waals surface area (Å²) in [4.78, 5) is 10.8. The van der Waals surface area contributed by atoms with Crippen LogP contribution in [0.4, 0.5) is 0 Å². The van der Waals surface area contributed by atoms with E-state index < -0.39 is 15.8 Å². The molecule has 0 aliphatic carbocycles. The normalized spacial score (nSPS) is 14.7. The van der Waals surface area contributed by atoms with Crippen molar-refractivity contribution in [2.45, 2.75) is 32.3 Å². The molecule has 1 aromatic rings. The Kier molecular flexibility index (Phi) is 3.25. The lowest BCUT2D eigenvalue weighted by molar-refractivity contribution is -0.115. The average Bonchev–Trinajstić information content (AvgIpc) is 2.45. The van der Waals surface area contributed by atoms with Crippen molar-refractivity contribution in [2.75, 3.05) is 0 Å². The number of carbonyl (C=O) groups is 1. The van der Waals surface area contributed by atoms with Crippen LogP contribution >= 0.6 is 0 Å². The third-order valence-corrected chi connectivity index (χ3v) is 3.25. The highest BCUT2D eigenvalue weighted by molar-refractivity contribution is 7.91.